The number of benzene rings is 2. The Bertz CT molecular complexity index is 719. The molecule has 1 N–H and O–H groups in total. The molecule has 2 heterocycles. The summed E-state index contributed by atoms with van der Waals surface area (Å²) in [6.07, 6.45) is 1.33. The van der Waals surface area contributed by atoms with Gasteiger partial charge in [-0.25, -0.2) is 0 Å². The molecule has 0 bridgehead atoms. The van der Waals surface area contributed by atoms with Gasteiger partial charge < -0.3 is 0 Å². The van der Waals surface area contributed by atoms with Gasteiger partial charge in [0.25, 0.3) is 0 Å². The van der Waals surface area contributed by atoms with Crippen molar-refractivity contribution in [1.82, 2.24) is 40.8 Å². The Kier molecular flexibility index (Phi) is 8.44. The van der Waals surface area contributed by atoms with Crippen LogP contribution in [0.25, 0.3) is 17.1 Å². The lowest BCUT2D eigenvalue weighted by Gasteiger charge is -2.03. The molecule has 0 saturated carbocycles. The lowest BCUT2D eigenvalue weighted by Crippen LogP contribution is -1.99. The molecule has 24 heavy (non-hydrogen) atoms. The highest BCUT2D eigenvalue weighted by Crippen LogP contribution is 2.18. The maximum absolute atomic E-state index is 4.06. The maximum atomic E-state index is 4.06. The zero-order valence-electron chi connectivity index (χ0n) is 12.3. The molecule has 10 heteroatoms. The van der Waals surface area contributed by atoms with Gasteiger partial charge in [-0.1, -0.05) is 53.7 Å². The minimum atomic E-state index is 0. The number of aromatic nitrogens is 8. The maximum Gasteiger partial charge on any atom is 0.187 e. The minimum Gasteiger partial charge on any atom is -0.193 e. The number of nitrogens with one attached hydrogen (secondary N) is 1. The molecule has 0 aliphatic heterocycles. The lowest BCUT2D eigenvalue weighted by atomic mass is 10.2. The van der Waals surface area contributed by atoms with Gasteiger partial charge in [0.05, 0.1) is 5.69 Å². The number of nitrogens with zero attached hydrogens (tertiary/aromatic N) is 7. The van der Waals surface area contributed by atoms with Crippen molar-refractivity contribution in [2.75, 3.05) is 0 Å². The summed E-state index contributed by atoms with van der Waals surface area (Å²) in [5.41, 5.74) is 1.96. The second-order valence-corrected chi connectivity index (χ2v) is 4.18. The van der Waals surface area contributed by atoms with E-state index in [-0.39, 0.29) is 34.0 Å². The normalized spacial score (nSPS) is 9.00. The fraction of sp³-hybridized carbons (Fsp3) is 0. The molecule has 124 valence electrons. The number of tetrazole rings is 2. The summed E-state index contributed by atoms with van der Waals surface area (Å²) in [4.78, 5) is 0. The molecule has 0 spiro atoms. The number of H-pyrrole nitrogens is 1. The molecule has 2 aromatic heterocycles. The van der Waals surface area contributed by atoms with E-state index in [9.17, 15) is 0 Å². The molecule has 0 unspecified atom stereocenters. The number of aromatic amines is 1. The number of halogens is 2. The van der Waals surface area contributed by atoms with E-state index in [1.54, 1.807) is 4.68 Å². The molecule has 0 saturated heterocycles. The van der Waals surface area contributed by atoms with Crippen LogP contribution in [0.2, 0.25) is 0 Å². The average Bonchev–Trinajstić information content (AvgIpc) is 3.31. The molecule has 0 aliphatic carbocycles. The quantitative estimate of drug-likeness (QED) is 0.501. The van der Waals surface area contributed by atoms with E-state index < -0.39 is 0 Å². The third kappa shape index (κ3) is 5.03. The molecule has 0 amide bonds. The monoisotopic (exact) mass is 452 g/mol. The Morgan fingerprint density at radius 3 is 2.04 bits per heavy atom. The van der Waals surface area contributed by atoms with Crippen LogP contribution in [0.1, 0.15) is 0 Å². The first kappa shape index (κ1) is 19.6. The minimum absolute atomic E-state index is 0. The van der Waals surface area contributed by atoms with E-state index in [1.165, 1.54) is 6.33 Å². The third-order valence-corrected chi connectivity index (χ3v) is 2.77. The van der Waals surface area contributed by atoms with Crippen LogP contribution in [-0.4, -0.2) is 40.8 Å². The van der Waals surface area contributed by atoms with Crippen molar-refractivity contribution in [3.8, 4) is 17.1 Å². The van der Waals surface area contributed by atoms with Gasteiger partial charge in [-0.05, 0) is 22.6 Å². The van der Waals surface area contributed by atoms with Crippen LogP contribution in [-0.2, 0) is 0 Å². The molecule has 4 rings (SSSR count). The number of hydrogen-bond acceptors (Lipinski definition) is 6. The van der Waals surface area contributed by atoms with Crippen LogP contribution in [0.3, 0.4) is 0 Å². The first-order chi connectivity index (χ1) is 10.9. The number of rotatable bonds is 2. The summed E-state index contributed by atoms with van der Waals surface area (Å²) < 4.78 is 1.73. The van der Waals surface area contributed by atoms with Crippen molar-refractivity contribution >= 4 is 34.0 Å². The van der Waals surface area contributed by atoms with Gasteiger partial charge in [-0.3, -0.25) is 0 Å². The smallest absolute Gasteiger partial charge is 0.187 e. The molecule has 0 atom stereocenters. The van der Waals surface area contributed by atoms with Crippen molar-refractivity contribution in [2.45, 2.75) is 0 Å². The van der Waals surface area contributed by atoms with Crippen LogP contribution in [0.15, 0.2) is 67.0 Å². The average molecular weight is 454 g/mol. The van der Waals surface area contributed by atoms with Gasteiger partial charge >= 0.3 is 0 Å². The van der Waals surface area contributed by atoms with Crippen LogP contribution >= 0.6 is 34.0 Å². The summed E-state index contributed by atoms with van der Waals surface area (Å²) >= 11 is 0. The van der Waals surface area contributed by atoms with Gasteiger partial charge in [0.15, 0.2) is 12.2 Å². The van der Waals surface area contributed by atoms with Crippen LogP contribution in [0.5, 0.6) is 0 Å². The number of hydrogen-bond donors (Lipinski definition) is 1. The SMILES string of the molecule is Br.Br.c1ccc(-c2nnnn2-c2ccccc2)cc1.c1nn[nH]n1. The lowest BCUT2D eigenvalue weighted by molar-refractivity contribution is 0.791. The van der Waals surface area contributed by atoms with Crippen LogP contribution in [0, 0.1) is 0 Å². The fourth-order valence-electron chi connectivity index (χ4n) is 1.83. The Morgan fingerprint density at radius 2 is 1.50 bits per heavy atom. The van der Waals surface area contributed by atoms with Gasteiger partial charge in [0, 0.05) is 5.56 Å². The first-order valence-electron chi connectivity index (χ1n) is 6.51. The van der Waals surface area contributed by atoms with Crippen molar-refractivity contribution in [3.05, 3.63) is 67.0 Å². The molecular formula is C14H14Br2N8. The van der Waals surface area contributed by atoms with Crippen molar-refractivity contribution < 1.29 is 0 Å². The largest absolute Gasteiger partial charge is 0.193 e. The van der Waals surface area contributed by atoms with Gasteiger partial charge in [-0.15, -0.1) is 49.3 Å². The van der Waals surface area contributed by atoms with Crippen LogP contribution in [0.4, 0.5) is 0 Å². The summed E-state index contributed by atoms with van der Waals surface area (Å²) in [7, 11) is 0. The van der Waals surface area contributed by atoms with Gasteiger partial charge in [0.1, 0.15) is 0 Å². The first-order valence-corrected chi connectivity index (χ1v) is 6.51. The fourth-order valence-corrected chi connectivity index (χ4v) is 1.83. The van der Waals surface area contributed by atoms with Crippen LogP contribution < -0.4 is 0 Å². The van der Waals surface area contributed by atoms with Crippen molar-refractivity contribution in [3.63, 3.8) is 0 Å². The van der Waals surface area contributed by atoms with Crippen molar-refractivity contribution in [2.24, 2.45) is 0 Å². The molecule has 0 radical (unpaired) electrons. The molecule has 0 aliphatic rings. The van der Waals surface area contributed by atoms with Gasteiger partial charge in [0.2, 0.25) is 0 Å². The second kappa shape index (κ2) is 10.3. The predicted molar refractivity (Wildman–Crippen MR) is 99.4 cm³/mol. The summed E-state index contributed by atoms with van der Waals surface area (Å²) in [5, 5.41) is 24.0. The van der Waals surface area contributed by atoms with E-state index in [0.29, 0.717) is 0 Å². The van der Waals surface area contributed by atoms with E-state index in [0.717, 1.165) is 17.1 Å². The second-order valence-electron chi connectivity index (χ2n) is 4.18. The molecule has 4 aromatic rings. The van der Waals surface area contributed by atoms with E-state index in [2.05, 4.69) is 36.1 Å². The highest BCUT2D eigenvalue weighted by molar-refractivity contribution is 8.93. The summed E-state index contributed by atoms with van der Waals surface area (Å²) in [6, 6.07) is 19.7. The Hall–Kier alpha value is -2.46. The Labute approximate surface area is 158 Å². The zero-order chi connectivity index (χ0) is 15.0. The van der Waals surface area contributed by atoms with E-state index in [4.69, 9.17) is 0 Å². The third-order valence-electron chi connectivity index (χ3n) is 2.77. The van der Waals surface area contributed by atoms with Crippen molar-refractivity contribution in [1.29, 1.82) is 0 Å². The highest BCUT2D eigenvalue weighted by Gasteiger charge is 2.09. The summed E-state index contributed by atoms with van der Waals surface area (Å²) in [6.45, 7) is 0. The topological polar surface area (TPSA) is 98.1 Å². The van der Waals surface area contributed by atoms with Gasteiger partial charge in [-0.2, -0.15) is 9.90 Å². The summed E-state index contributed by atoms with van der Waals surface area (Å²) in [5.74, 6) is 0.747. The molecule has 8 nitrogen and oxygen atoms in total. The van der Waals surface area contributed by atoms with E-state index in [1.807, 2.05) is 60.7 Å². The Morgan fingerprint density at radius 1 is 0.833 bits per heavy atom. The predicted octanol–water partition coefficient (Wildman–Crippen LogP) is 2.68. The zero-order valence-corrected chi connectivity index (χ0v) is 15.7. The highest BCUT2D eigenvalue weighted by atomic mass is 79.9. The molecule has 2 aromatic carbocycles. The number of para-hydroxylation sites is 1. The standard InChI is InChI=1S/C13H10N4.CH2N4.2BrH/c1-3-7-11(8-4-1)13-14-15-16-17(13)12-9-5-2-6-10-12;1-2-4-5-3-1;;/h1-10H;1H,(H,2,3,4,5);2*1H. The van der Waals surface area contributed by atoms with E-state index >= 15 is 0 Å². The molecule has 0 fully saturated rings. The Balaban J connectivity index is 0.000000357. The molecular weight excluding hydrogens is 440 g/mol.